The number of hydrogen-bond acceptors (Lipinski definition) is 8. The number of nitrogens with one attached hydrogen (secondary N) is 3. The molecule has 0 spiro atoms. The van der Waals surface area contributed by atoms with Crippen molar-refractivity contribution in [3.8, 4) is 23.0 Å². The third-order valence-electron chi connectivity index (χ3n) is 6.69. The Balaban J connectivity index is 1.51. The van der Waals surface area contributed by atoms with E-state index in [9.17, 15) is 14.4 Å². The summed E-state index contributed by atoms with van der Waals surface area (Å²) in [7, 11) is 6.12. The molecule has 3 N–H and O–H groups in total. The summed E-state index contributed by atoms with van der Waals surface area (Å²) in [5.41, 5.74) is 2.01. The van der Waals surface area contributed by atoms with E-state index in [-0.39, 0.29) is 11.6 Å². The van der Waals surface area contributed by atoms with E-state index in [2.05, 4.69) is 16.0 Å². The number of hydrogen-bond donors (Lipinski definition) is 3. The Labute approximate surface area is 272 Å². The minimum atomic E-state index is -0.543. The maximum atomic E-state index is 13.6. The Morgan fingerprint density at radius 3 is 2.15 bits per heavy atom. The predicted octanol–water partition coefficient (Wildman–Crippen LogP) is 6.25. The molecule has 238 valence electrons. The number of rotatable bonds is 13. The van der Waals surface area contributed by atoms with Gasteiger partial charge in [-0.3, -0.25) is 14.4 Å². The van der Waals surface area contributed by atoms with Crippen LogP contribution < -0.4 is 34.9 Å². The van der Waals surface area contributed by atoms with E-state index in [0.29, 0.717) is 45.5 Å². The van der Waals surface area contributed by atoms with Gasteiger partial charge in [0.2, 0.25) is 5.91 Å². The fourth-order valence-electron chi connectivity index (χ4n) is 4.29. The fourth-order valence-corrected chi connectivity index (χ4v) is 5.22. The summed E-state index contributed by atoms with van der Waals surface area (Å²) >= 11 is 1.32. The molecule has 0 saturated heterocycles. The van der Waals surface area contributed by atoms with Crippen molar-refractivity contribution in [1.29, 1.82) is 0 Å². The highest BCUT2D eigenvalue weighted by Gasteiger charge is 2.19. The number of anilines is 2. The number of ether oxygens (including phenoxy) is 4. The van der Waals surface area contributed by atoms with Gasteiger partial charge in [-0.2, -0.15) is 0 Å². The second-order valence-corrected chi connectivity index (χ2v) is 11.2. The number of carbonyl (C=O) groups excluding carboxylic acids is 3. The first-order chi connectivity index (χ1) is 22.2. The molecule has 46 heavy (non-hydrogen) atoms. The summed E-state index contributed by atoms with van der Waals surface area (Å²) in [4.78, 5) is 40.4. The van der Waals surface area contributed by atoms with Crippen molar-refractivity contribution in [1.82, 2.24) is 5.32 Å². The van der Waals surface area contributed by atoms with Crippen LogP contribution in [-0.4, -0.2) is 51.4 Å². The molecular weight excluding hydrogens is 606 g/mol. The van der Waals surface area contributed by atoms with Gasteiger partial charge in [-0.05, 0) is 73.2 Å². The SMILES string of the molecule is COc1ccc(NC(=O)C(C)Sc2cccc(NC(=O)/C(=C\c3ccc(OC)c(OC)c3)NC(=O)c3ccccc3)c2)c(OC)c1. The quantitative estimate of drug-likeness (QED) is 0.116. The second-order valence-electron chi connectivity index (χ2n) is 9.79. The summed E-state index contributed by atoms with van der Waals surface area (Å²) in [6.45, 7) is 1.78. The Hall–Kier alpha value is -5.42. The van der Waals surface area contributed by atoms with Crippen molar-refractivity contribution in [3.63, 3.8) is 0 Å². The topological polar surface area (TPSA) is 124 Å². The molecule has 1 unspecified atom stereocenters. The summed E-state index contributed by atoms with van der Waals surface area (Å²) in [5.74, 6) is 0.867. The minimum absolute atomic E-state index is 0.0142. The van der Waals surface area contributed by atoms with Crippen molar-refractivity contribution in [3.05, 3.63) is 108 Å². The van der Waals surface area contributed by atoms with Crippen molar-refractivity contribution < 1.29 is 33.3 Å². The zero-order valence-corrected chi connectivity index (χ0v) is 26.9. The number of benzene rings is 4. The average molecular weight is 642 g/mol. The Morgan fingerprint density at radius 1 is 0.717 bits per heavy atom. The first-order valence-electron chi connectivity index (χ1n) is 14.2. The van der Waals surface area contributed by atoms with Crippen LogP contribution in [0.5, 0.6) is 23.0 Å². The van der Waals surface area contributed by atoms with Gasteiger partial charge >= 0.3 is 0 Å². The van der Waals surface area contributed by atoms with E-state index in [1.54, 1.807) is 105 Å². The molecular formula is C35H35N3O7S. The lowest BCUT2D eigenvalue weighted by atomic mass is 10.1. The van der Waals surface area contributed by atoms with Crippen LogP contribution >= 0.6 is 11.8 Å². The number of methoxy groups -OCH3 is 4. The van der Waals surface area contributed by atoms with Gasteiger partial charge in [-0.25, -0.2) is 0 Å². The van der Waals surface area contributed by atoms with Crippen molar-refractivity contribution in [2.45, 2.75) is 17.1 Å². The Morgan fingerprint density at radius 2 is 1.46 bits per heavy atom. The highest BCUT2D eigenvalue weighted by Crippen LogP contribution is 2.32. The summed E-state index contributed by atoms with van der Waals surface area (Å²) < 4.78 is 21.3. The van der Waals surface area contributed by atoms with Crippen LogP contribution in [0.4, 0.5) is 11.4 Å². The van der Waals surface area contributed by atoms with Crippen LogP contribution in [0.1, 0.15) is 22.8 Å². The van der Waals surface area contributed by atoms with Crippen LogP contribution in [0.2, 0.25) is 0 Å². The van der Waals surface area contributed by atoms with E-state index in [1.165, 1.54) is 33.1 Å². The predicted molar refractivity (Wildman–Crippen MR) is 180 cm³/mol. The maximum Gasteiger partial charge on any atom is 0.272 e. The standard InChI is InChI=1S/C35H35N3O7S/c1-22(33(39)37-28-16-15-26(42-2)21-31(28)44-4)46-27-13-9-12-25(20-27)36-35(41)29(38-34(40)24-10-7-6-8-11-24)18-23-14-17-30(43-3)32(19-23)45-5/h6-22H,1-5H3,(H,36,41)(H,37,39)(H,38,40)/b29-18+. The smallest absolute Gasteiger partial charge is 0.272 e. The number of amides is 3. The van der Waals surface area contributed by atoms with Gasteiger partial charge in [0.25, 0.3) is 11.8 Å². The highest BCUT2D eigenvalue weighted by atomic mass is 32.2. The van der Waals surface area contributed by atoms with E-state index in [4.69, 9.17) is 18.9 Å². The van der Waals surface area contributed by atoms with Crippen LogP contribution in [0.25, 0.3) is 6.08 Å². The molecule has 0 aliphatic rings. The van der Waals surface area contributed by atoms with E-state index >= 15 is 0 Å². The third kappa shape index (κ3) is 8.82. The first-order valence-corrected chi connectivity index (χ1v) is 15.0. The molecule has 0 bridgehead atoms. The minimum Gasteiger partial charge on any atom is -0.497 e. The van der Waals surface area contributed by atoms with E-state index < -0.39 is 17.1 Å². The molecule has 11 heteroatoms. The molecule has 0 aliphatic heterocycles. The van der Waals surface area contributed by atoms with Crippen LogP contribution in [0, 0.1) is 0 Å². The fraction of sp³-hybridized carbons (Fsp3) is 0.171. The molecule has 4 rings (SSSR count). The van der Waals surface area contributed by atoms with Crippen LogP contribution in [0.3, 0.4) is 0 Å². The van der Waals surface area contributed by atoms with Crippen LogP contribution in [-0.2, 0) is 9.59 Å². The first kappa shape index (κ1) is 33.5. The normalized spacial score (nSPS) is 11.5. The molecule has 0 fully saturated rings. The third-order valence-corrected chi connectivity index (χ3v) is 7.78. The van der Waals surface area contributed by atoms with Gasteiger partial charge < -0.3 is 34.9 Å². The van der Waals surface area contributed by atoms with Gasteiger partial charge in [0.1, 0.15) is 17.2 Å². The molecule has 0 saturated carbocycles. The average Bonchev–Trinajstić information content (AvgIpc) is 3.08. The van der Waals surface area contributed by atoms with Crippen LogP contribution in [0.15, 0.2) is 102 Å². The van der Waals surface area contributed by atoms with Gasteiger partial charge in [0, 0.05) is 22.2 Å². The molecule has 3 amide bonds. The zero-order chi connectivity index (χ0) is 33.1. The van der Waals surface area contributed by atoms with Crippen molar-refractivity contribution in [2.24, 2.45) is 0 Å². The molecule has 0 aromatic heterocycles. The van der Waals surface area contributed by atoms with E-state index in [1.807, 2.05) is 6.07 Å². The molecule has 0 aliphatic carbocycles. The lowest BCUT2D eigenvalue weighted by molar-refractivity contribution is -0.115. The van der Waals surface area contributed by atoms with E-state index in [0.717, 1.165) is 4.90 Å². The lowest BCUT2D eigenvalue weighted by Crippen LogP contribution is -2.30. The van der Waals surface area contributed by atoms with Gasteiger partial charge in [-0.1, -0.05) is 30.3 Å². The number of thioether (sulfide) groups is 1. The molecule has 1 atom stereocenters. The molecule has 4 aromatic rings. The van der Waals surface area contributed by atoms with Gasteiger partial charge in [-0.15, -0.1) is 11.8 Å². The molecule has 0 heterocycles. The largest absolute Gasteiger partial charge is 0.497 e. The Bertz CT molecular complexity index is 1730. The summed E-state index contributed by atoms with van der Waals surface area (Å²) in [6, 6.07) is 26.0. The zero-order valence-electron chi connectivity index (χ0n) is 26.1. The number of carbonyl (C=O) groups is 3. The second kappa shape index (κ2) is 16.1. The monoisotopic (exact) mass is 641 g/mol. The molecule has 10 nitrogen and oxygen atoms in total. The van der Waals surface area contributed by atoms with Gasteiger partial charge in [0.15, 0.2) is 11.5 Å². The molecule has 4 aromatic carbocycles. The Kier molecular flexibility index (Phi) is 11.7. The lowest BCUT2D eigenvalue weighted by Gasteiger charge is -2.16. The molecule has 0 radical (unpaired) electrons. The summed E-state index contributed by atoms with van der Waals surface area (Å²) in [5, 5.41) is 8.00. The highest BCUT2D eigenvalue weighted by molar-refractivity contribution is 8.00. The van der Waals surface area contributed by atoms with Crippen molar-refractivity contribution >= 4 is 46.9 Å². The maximum absolute atomic E-state index is 13.6. The van der Waals surface area contributed by atoms with Gasteiger partial charge in [0.05, 0.1) is 39.4 Å². The van der Waals surface area contributed by atoms with Crippen molar-refractivity contribution in [2.75, 3.05) is 39.1 Å². The summed E-state index contributed by atoms with van der Waals surface area (Å²) in [6.07, 6.45) is 1.55.